The molecule has 186 valence electrons. The minimum atomic E-state index is -1.16. The molecule has 0 spiro atoms. The first kappa shape index (κ1) is 24.3. The van der Waals surface area contributed by atoms with Crippen molar-refractivity contribution in [2.24, 2.45) is 5.92 Å². The Morgan fingerprint density at radius 3 is 2.28 bits per heavy atom. The average Bonchev–Trinajstić information content (AvgIpc) is 2.92. The number of carbonyl (C=O) groups is 2. The van der Waals surface area contributed by atoms with Crippen molar-refractivity contribution in [2.75, 3.05) is 11.4 Å². The summed E-state index contributed by atoms with van der Waals surface area (Å²) >= 11 is 0. The number of carboxylic acid groups (broad SMARTS) is 1. The van der Waals surface area contributed by atoms with E-state index in [1.807, 2.05) is 24.3 Å². The predicted octanol–water partition coefficient (Wildman–Crippen LogP) is 6.11. The van der Waals surface area contributed by atoms with Crippen LogP contribution in [-0.2, 0) is 16.0 Å². The van der Waals surface area contributed by atoms with Crippen LogP contribution in [-0.4, -0.2) is 28.6 Å². The summed E-state index contributed by atoms with van der Waals surface area (Å²) in [5, 5.41) is 19.7. The third kappa shape index (κ3) is 5.21. The van der Waals surface area contributed by atoms with E-state index < -0.39 is 12.1 Å². The number of amides is 1. The molecule has 3 aromatic rings. The van der Waals surface area contributed by atoms with E-state index in [0.29, 0.717) is 23.9 Å². The van der Waals surface area contributed by atoms with Crippen molar-refractivity contribution < 1.29 is 19.8 Å². The van der Waals surface area contributed by atoms with Crippen LogP contribution in [0.5, 0.6) is 0 Å². The van der Waals surface area contributed by atoms with Gasteiger partial charge in [-0.15, -0.1) is 0 Å². The lowest BCUT2D eigenvalue weighted by atomic mass is 9.77. The molecule has 1 aliphatic carbocycles. The van der Waals surface area contributed by atoms with E-state index in [9.17, 15) is 14.7 Å². The zero-order valence-corrected chi connectivity index (χ0v) is 20.5. The second-order valence-electron chi connectivity index (χ2n) is 10.2. The number of aliphatic hydroxyl groups excluding tert-OH is 1. The van der Waals surface area contributed by atoms with Crippen molar-refractivity contribution in [3.8, 4) is 11.1 Å². The number of nitrogens with zero attached hydrogens (tertiary/aromatic N) is 1. The number of aliphatic hydroxyl groups is 1. The molecule has 5 rings (SSSR count). The summed E-state index contributed by atoms with van der Waals surface area (Å²) in [6.07, 6.45) is 4.97. The molecule has 0 saturated heterocycles. The number of hydrogen-bond donors (Lipinski definition) is 2. The van der Waals surface area contributed by atoms with Crippen molar-refractivity contribution in [3.63, 3.8) is 0 Å². The van der Waals surface area contributed by atoms with E-state index in [4.69, 9.17) is 5.11 Å². The van der Waals surface area contributed by atoms with Crippen LogP contribution in [0, 0.1) is 5.92 Å². The van der Waals surface area contributed by atoms with Crippen LogP contribution in [0.1, 0.15) is 67.2 Å². The minimum Gasteiger partial charge on any atom is -0.481 e. The number of fused-ring (bicyclic) bond motifs is 1. The molecule has 1 fully saturated rings. The fourth-order valence-corrected chi connectivity index (χ4v) is 5.83. The van der Waals surface area contributed by atoms with Crippen molar-refractivity contribution in [1.29, 1.82) is 0 Å². The second-order valence-corrected chi connectivity index (χ2v) is 10.2. The highest BCUT2D eigenvalue weighted by atomic mass is 16.4. The maximum Gasteiger partial charge on any atom is 0.303 e. The first-order chi connectivity index (χ1) is 17.5. The summed E-state index contributed by atoms with van der Waals surface area (Å²) in [5.41, 5.74) is 6.24. The highest BCUT2D eigenvalue weighted by molar-refractivity contribution is 5.98. The standard InChI is InChI=1S/C31H33NO4/c33-29(34)19-21-8-10-22(11-9-21)23-12-14-24(15-13-23)26-16-17-28-27(20-26)7-4-18-32(28)31(36)30(35)25-5-2-1-3-6-25/h1-3,5-6,12-17,20-22,30,35H,4,7-11,18-19H2,(H,33,34)/t21-,22-,30?. The predicted molar refractivity (Wildman–Crippen MR) is 141 cm³/mol. The van der Waals surface area contributed by atoms with E-state index in [-0.39, 0.29) is 12.3 Å². The van der Waals surface area contributed by atoms with Crippen LogP contribution in [0.3, 0.4) is 0 Å². The van der Waals surface area contributed by atoms with Gasteiger partial charge < -0.3 is 15.1 Å². The SMILES string of the molecule is O=C(O)C[C@H]1CC[C@H](c2ccc(-c3ccc4c(c3)CCCN4C(=O)C(O)c3ccccc3)cc2)CC1. The zero-order valence-electron chi connectivity index (χ0n) is 20.5. The van der Waals surface area contributed by atoms with Gasteiger partial charge in [-0.1, -0.05) is 60.7 Å². The molecule has 0 bridgehead atoms. The zero-order chi connectivity index (χ0) is 25.1. The molecule has 3 aromatic carbocycles. The smallest absolute Gasteiger partial charge is 0.303 e. The van der Waals surface area contributed by atoms with Crippen LogP contribution < -0.4 is 4.90 Å². The Bertz CT molecular complexity index is 1210. The number of hydrogen-bond acceptors (Lipinski definition) is 3. The highest BCUT2D eigenvalue weighted by Crippen LogP contribution is 2.38. The Morgan fingerprint density at radius 2 is 1.58 bits per heavy atom. The topological polar surface area (TPSA) is 77.8 Å². The number of benzene rings is 3. The summed E-state index contributed by atoms with van der Waals surface area (Å²) in [6, 6.07) is 24.1. The maximum absolute atomic E-state index is 13.1. The summed E-state index contributed by atoms with van der Waals surface area (Å²) in [4.78, 5) is 25.8. The third-order valence-corrected chi connectivity index (χ3v) is 7.84. The number of aryl methyl sites for hydroxylation is 1. The van der Waals surface area contributed by atoms with Crippen molar-refractivity contribution in [2.45, 2.75) is 57.0 Å². The van der Waals surface area contributed by atoms with Crippen molar-refractivity contribution in [1.82, 2.24) is 0 Å². The van der Waals surface area contributed by atoms with Gasteiger partial charge >= 0.3 is 5.97 Å². The lowest BCUT2D eigenvalue weighted by molar-refractivity contribution is -0.138. The third-order valence-electron chi connectivity index (χ3n) is 7.84. The highest BCUT2D eigenvalue weighted by Gasteiger charge is 2.29. The van der Waals surface area contributed by atoms with Crippen molar-refractivity contribution in [3.05, 3.63) is 89.5 Å². The maximum atomic E-state index is 13.1. The molecule has 1 atom stereocenters. The Balaban J connectivity index is 1.29. The summed E-state index contributed by atoms with van der Waals surface area (Å²) in [7, 11) is 0. The Morgan fingerprint density at radius 1 is 0.889 bits per heavy atom. The first-order valence-corrected chi connectivity index (χ1v) is 13.0. The quantitative estimate of drug-likeness (QED) is 0.443. The number of aliphatic carboxylic acids is 1. The van der Waals surface area contributed by atoms with Gasteiger partial charge in [0.05, 0.1) is 0 Å². The lowest BCUT2D eigenvalue weighted by Gasteiger charge is -2.31. The van der Waals surface area contributed by atoms with E-state index in [1.165, 1.54) is 5.56 Å². The Kier molecular flexibility index (Phi) is 7.19. The molecule has 1 saturated carbocycles. The van der Waals surface area contributed by atoms with Crippen molar-refractivity contribution >= 4 is 17.6 Å². The minimum absolute atomic E-state index is 0.280. The molecule has 2 aliphatic rings. The van der Waals surface area contributed by atoms with Crippen LogP contribution in [0.15, 0.2) is 72.8 Å². The van der Waals surface area contributed by atoms with Gasteiger partial charge in [0.15, 0.2) is 6.10 Å². The number of carboxylic acids is 1. The summed E-state index contributed by atoms with van der Waals surface area (Å²) in [6.45, 7) is 0.610. The van der Waals surface area contributed by atoms with Gasteiger partial charge in [0.1, 0.15) is 0 Å². The van der Waals surface area contributed by atoms with Gasteiger partial charge in [0.25, 0.3) is 5.91 Å². The van der Waals surface area contributed by atoms with E-state index in [1.54, 1.807) is 17.0 Å². The molecule has 36 heavy (non-hydrogen) atoms. The molecule has 1 amide bonds. The number of carbonyl (C=O) groups excluding carboxylic acids is 1. The molecule has 5 heteroatoms. The van der Waals surface area contributed by atoms with Crippen LogP contribution >= 0.6 is 0 Å². The lowest BCUT2D eigenvalue weighted by Crippen LogP contribution is -2.38. The second kappa shape index (κ2) is 10.7. The molecule has 1 heterocycles. The molecule has 1 aliphatic heterocycles. The molecular formula is C31H33NO4. The Labute approximate surface area is 212 Å². The van der Waals surface area contributed by atoms with E-state index in [2.05, 4.69) is 36.4 Å². The number of rotatable bonds is 6. The fraction of sp³-hybridized carbons (Fsp3) is 0.355. The molecule has 0 aromatic heterocycles. The van der Waals surface area contributed by atoms with Gasteiger partial charge in [-0.2, -0.15) is 0 Å². The van der Waals surface area contributed by atoms with Gasteiger partial charge in [0.2, 0.25) is 0 Å². The van der Waals surface area contributed by atoms with Gasteiger partial charge in [0, 0.05) is 18.7 Å². The fourth-order valence-electron chi connectivity index (χ4n) is 5.83. The normalized spacial score (nSPS) is 20.4. The van der Waals surface area contributed by atoms with Gasteiger partial charge in [-0.3, -0.25) is 9.59 Å². The Hall–Kier alpha value is -3.44. The summed E-state index contributed by atoms with van der Waals surface area (Å²) in [5.74, 6) is -0.151. The van der Waals surface area contributed by atoms with Crippen LogP contribution in [0.25, 0.3) is 11.1 Å². The first-order valence-electron chi connectivity index (χ1n) is 13.0. The number of anilines is 1. The molecule has 1 unspecified atom stereocenters. The van der Waals surface area contributed by atoms with Gasteiger partial charge in [-0.25, -0.2) is 0 Å². The summed E-state index contributed by atoms with van der Waals surface area (Å²) < 4.78 is 0. The molecule has 0 radical (unpaired) electrons. The van der Waals surface area contributed by atoms with Crippen LogP contribution in [0.4, 0.5) is 5.69 Å². The molecule has 2 N–H and O–H groups in total. The molecule has 5 nitrogen and oxygen atoms in total. The van der Waals surface area contributed by atoms with Crippen LogP contribution in [0.2, 0.25) is 0 Å². The van der Waals surface area contributed by atoms with E-state index >= 15 is 0 Å². The van der Waals surface area contributed by atoms with E-state index in [0.717, 1.165) is 60.9 Å². The largest absolute Gasteiger partial charge is 0.481 e. The van der Waals surface area contributed by atoms with Gasteiger partial charge in [-0.05, 0) is 90.3 Å². The molecular weight excluding hydrogens is 450 g/mol. The monoisotopic (exact) mass is 483 g/mol. The average molecular weight is 484 g/mol.